The van der Waals surface area contributed by atoms with Crippen LogP contribution in [0.1, 0.15) is 84.5 Å². The van der Waals surface area contributed by atoms with E-state index in [1.165, 1.54) is 11.0 Å². The molecule has 0 aliphatic carbocycles. The number of benzene rings is 3. The van der Waals surface area contributed by atoms with Gasteiger partial charge in [0.25, 0.3) is 5.91 Å². The zero-order valence-corrected chi connectivity index (χ0v) is 29.1. The van der Waals surface area contributed by atoms with Crippen molar-refractivity contribution in [3.8, 4) is 11.5 Å². The number of aryl methyl sites for hydroxylation is 1. The highest BCUT2D eigenvalue weighted by Crippen LogP contribution is 2.35. The molecule has 0 radical (unpaired) electrons. The van der Waals surface area contributed by atoms with Crippen molar-refractivity contribution in [1.82, 2.24) is 15.1 Å². The van der Waals surface area contributed by atoms with E-state index < -0.39 is 18.0 Å². The number of imide groups is 1. The minimum absolute atomic E-state index is 0.0728. The normalized spacial score (nSPS) is 17.6. The number of likely N-dealkylation sites (tertiary alicyclic amines) is 1. The second-order valence-corrected chi connectivity index (χ2v) is 13.9. The first-order chi connectivity index (χ1) is 24.8. The molecule has 0 spiro atoms. The van der Waals surface area contributed by atoms with Crippen LogP contribution in [-0.4, -0.2) is 74.8 Å². The molecule has 0 saturated carbocycles. The lowest BCUT2D eigenvalue weighted by Gasteiger charge is -2.32. The van der Waals surface area contributed by atoms with E-state index in [0.717, 1.165) is 42.2 Å². The first-order valence-corrected chi connectivity index (χ1v) is 17.5. The number of amidine groups is 1. The number of piperidine rings is 2. The van der Waals surface area contributed by atoms with Crippen molar-refractivity contribution >= 4 is 47.0 Å². The molecule has 14 nitrogen and oxygen atoms in total. The lowest BCUT2D eigenvalue weighted by atomic mass is 9.90. The van der Waals surface area contributed by atoms with Crippen molar-refractivity contribution in [3.63, 3.8) is 0 Å². The standard InChI is InChI=1S/C38H43N7O7/c1-21(2)26-18-27(32(47)19-31(26)46)34(39)45(37(40)51)24-10-8-22(9-11-24)6-7-23-14-16-43(17-15-23)38(52)41-29-5-3-4-25-28(29)20-44(36(25)50)30-12-13-33(48)42-35(30)49/h3-5,8-11,18-19,21,23,30,39,46-47H,6-7,12-17,20H2,1-2H3,(H2,40,51)(H,41,52)(H,42,48,49). The molecule has 2 saturated heterocycles. The van der Waals surface area contributed by atoms with E-state index in [2.05, 4.69) is 10.6 Å². The van der Waals surface area contributed by atoms with Gasteiger partial charge in [-0.1, -0.05) is 32.0 Å². The van der Waals surface area contributed by atoms with Gasteiger partial charge in [0.15, 0.2) is 0 Å². The van der Waals surface area contributed by atoms with Crippen LogP contribution in [0.5, 0.6) is 11.5 Å². The predicted octanol–water partition coefficient (Wildman–Crippen LogP) is 4.77. The Labute approximate surface area is 301 Å². The summed E-state index contributed by atoms with van der Waals surface area (Å²) in [5.41, 5.74) is 9.30. The third-order valence-corrected chi connectivity index (χ3v) is 10.2. The van der Waals surface area contributed by atoms with Crippen LogP contribution in [0.4, 0.5) is 21.0 Å². The fourth-order valence-corrected chi connectivity index (χ4v) is 7.24. The number of hydrogen-bond acceptors (Lipinski definition) is 8. The van der Waals surface area contributed by atoms with Gasteiger partial charge in [-0.05, 0) is 85.4 Å². The van der Waals surface area contributed by atoms with Gasteiger partial charge in [0, 0.05) is 48.9 Å². The van der Waals surface area contributed by atoms with Crippen molar-refractivity contribution in [2.24, 2.45) is 11.7 Å². The Hall–Kier alpha value is -5.92. The van der Waals surface area contributed by atoms with Gasteiger partial charge in [0.1, 0.15) is 23.4 Å². The molecule has 272 valence electrons. The molecule has 7 N–H and O–H groups in total. The molecular weight excluding hydrogens is 666 g/mol. The smallest absolute Gasteiger partial charge is 0.325 e. The van der Waals surface area contributed by atoms with Crippen molar-refractivity contribution in [1.29, 1.82) is 5.41 Å². The molecule has 3 heterocycles. The van der Waals surface area contributed by atoms with Crippen molar-refractivity contribution in [2.45, 2.75) is 70.9 Å². The largest absolute Gasteiger partial charge is 0.508 e. The number of phenols is 2. The molecule has 3 aliphatic heterocycles. The van der Waals surface area contributed by atoms with Crippen molar-refractivity contribution in [2.75, 3.05) is 23.3 Å². The molecule has 0 bridgehead atoms. The number of anilines is 2. The number of hydrogen-bond donors (Lipinski definition) is 6. The summed E-state index contributed by atoms with van der Waals surface area (Å²) in [6.45, 7) is 5.06. The maximum atomic E-state index is 13.3. The topological polar surface area (TPSA) is 209 Å². The third-order valence-electron chi connectivity index (χ3n) is 10.2. The van der Waals surface area contributed by atoms with Gasteiger partial charge in [-0.2, -0.15) is 0 Å². The van der Waals surface area contributed by atoms with Crippen LogP contribution < -0.4 is 21.3 Å². The summed E-state index contributed by atoms with van der Waals surface area (Å²) in [7, 11) is 0. The number of rotatable bonds is 8. The number of nitrogens with zero attached hydrogens (tertiary/aromatic N) is 3. The minimum Gasteiger partial charge on any atom is -0.508 e. The number of nitrogens with two attached hydrogens (primary N) is 1. The number of carbonyl (C=O) groups excluding carboxylic acids is 5. The third kappa shape index (κ3) is 7.27. The second-order valence-electron chi connectivity index (χ2n) is 13.9. The van der Waals surface area contributed by atoms with E-state index in [4.69, 9.17) is 11.1 Å². The monoisotopic (exact) mass is 709 g/mol. The number of fused-ring (bicyclic) bond motifs is 1. The highest BCUT2D eigenvalue weighted by molar-refractivity contribution is 6.22. The van der Waals surface area contributed by atoms with Crippen LogP contribution in [0.2, 0.25) is 0 Å². The molecule has 2 fully saturated rings. The number of nitrogens with one attached hydrogen (secondary N) is 3. The average molecular weight is 710 g/mol. The summed E-state index contributed by atoms with van der Waals surface area (Å²) in [4.78, 5) is 67.2. The number of phenolic OH excluding ortho intramolecular Hbond substituents is 2. The summed E-state index contributed by atoms with van der Waals surface area (Å²) in [5.74, 6) is -1.55. The predicted molar refractivity (Wildman–Crippen MR) is 193 cm³/mol. The highest BCUT2D eigenvalue weighted by atomic mass is 16.3. The molecule has 52 heavy (non-hydrogen) atoms. The van der Waals surface area contributed by atoms with E-state index in [1.807, 2.05) is 26.0 Å². The summed E-state index contributed by atoms with van der Waals surface area (Å²) in [6.07, 6.45) is 3.74. The minimum atomic E-state index is -0.883. The average Bonchev–Trinajstić information content (AvgIpc) is 3.44. The van der Waals surface area contributed by atoms with Gasteiger partial charge in [0.05, 0.1) is 11.3 Å². The lowest BCUT2D eigenvalue weighted by Crippen LogP contribution is -2.52. The summed E-state index contributed by atoms with van der Waals surface area (Å²) in [5, 5.41) is 34.6. The Morgan fingerprint density at radius 2 is 1.73 bits per heavy atom. The van der Waals surface area contributed by atoms with Crippen LogP contribution >= 0.6 is 0 Å². The molecule has 6 rings (SSSR count). The Bertz CT molecular complexity index is 1940. The summed E-state index contributed by atoms with van der Waals surface area (Å²) in [6, 6.07) is 13.1. The number of urea groups is 2. The van der Waals surface area contributed by atoms with Crippen LogP contribution in [0, 0.1) is 11.3 Å². The molecule has 1 unspecified atom stereocenters. The molecule has 3 aromatic carbocycles. The molecular formula is C38H43N7O7. The van der Waals surface area contributed by atoms with Crippen LogP contribution in [0.15, 0.2) is 54.6 Å². The first-order valence-electron chi connectivity index (χ1n) is 17.5. The van der Waals surface area contributed by atoms with Crippen molar-refractivity contribution < 1.29 is 34.2 Å². The van der Waals surface area contributed by atoms with E-state index >= 15 is 0 Å². The Morgan fingerprint density at radius 1 is 1.02 bits per heavy atom. The quantitative estimate of drug-likeness (QED) is 0.110. The van der Waals surface area contributed by atoms with Gasteiger partial charge in [-0.3, -0.25) is 25.1 Å². The summed E-state index contributed by atoms with van der Waals surface area (Å²) < 4.78 is 0. The lowest BCUT2D eigenvalue weighted by molar-refractivity contribution is -0.136. The zero-order chi connectivity index (χ0) is 37.3. The molecule has 3 aliphatic rings. The van der Waals surface area contributed by atoms with Gasteiger partial charge >= 0.3 is 12.1 Å². The zero-order valence-electron chi connectivity index (χ0n) is 29.1. The highest BCUT2D eigenvalue weighted by Gasteiger charge is 2.40. The number of carbonyl (C=O) groups is 5. The maximum Gasteiger partial charge on any atom is 0.325 e. The Kier molecular flexibility index (Phi) is 10.2. The van der Waals surface area contributed by atoms with E-state index in [-0.39, 0.29) is 66.0 Å². The van der Waals surface area contributed by atoms with Gasteiger partial charge in [0.2, 0.25) is 11.8 Å². The molecule has 0 aromatic heterocycles. The van der Waals surface area contributed by atoms with E-state index in [1.54, 1.807) is 35.2 Å². The number of amides is 7. The molecule has 7 amide bonds. The van der Waals surface area contributed by atoms with E-state index in [9.17, 15) is 34.2 Å². The van der Waals surface area contributed by atoms with Crippen LogP contribution in [0.3, 0.4) is 0 Å². The van der Waals surface area contributed by atoms with Gasteiger partial charge < -0.3 is 31.1 Å². The maximum absolute atomic E-state index is 13.3. The Morgan fingerprint density at radius 3 is 2.38 bits per heavy atom. The molecule has 14 heteroatoms. The number of aromatic hydroxyl groups is 2. The van der Waals surface area contributed by atoms with Gasteiger partial charge in [-0.25, -0.2) is 14.5 Å². The molecule has 1 atom stereocenters. The molecule has 3 aromatic rings. The Balaban J connectivity index is 1.01. The van der Waals surface area contributed by atoms with Crippen molar-refractivity contribution in [3.05, 3.63) is 82.4 Å². The fraction of sp³-hybridized carbons (Fsp3) is 0.368. The van der Waals surface area contributed by atoms with Crippen LogP contribution in [0.25, 0.3) is 0 Å². The van der Waals surface area contributed by atoms with E-state index in [0.29, 0.717) is 47.1 Å². The van der Waals surface area contributed by atoms with Gasteiger partial charge in [-0.15, -0.1) is 0 Å². The first kappa shape index (κ1) is 35.9. The van der Waals surface area contributed by atoms with Crippen LogP contribution in [-0.2, 0) is 22.6 Å². The SMILES string of the molecule is CC(C)c1cc(C(=N)N(C(N)=O)c2ccc(CCC3CCN(C(=O)Nc4cccc5c4CN(C4CCC(=O)NC4=O)C5=O)CC3)cc2)c(O)cc1O. The fourth-order valence-electron chi connectivity index (χ4n) is 7.24. The summed E-state index contributed by atoms with van der Waals surface area (Å²) >= 11 is 0. The second kappa shape index (κ2) is 14.7. The number of primary amides is 1.